The third-order valence-corrected chi connectivity index (χ3v) is 4.33. The molecule has 0 amide bonds. The Morgan fingerprint density at radius 1 is 1.09 bits per heavy atom. The van der Waals surface area contributed by atoms with Gasteiger partial charge in [0, 0.05) is 19.3 Å². The van der Waals surface area contributed by atoms with Gasteiger partial charge in [-0.1, -0.05) is 30.3 Å². The molecule has 1 aromatic carbocycles. The highest BCUT2D eigenvalue weighted by Gasteiger charge is 2.32. The third kappa shape index (κ3) is 2.81. The molecule has 22 heavy (non-hydrogen) atoms. The molecule has 4 heteroatoms. The summed E-state index contributed by atoms with van der Waals surface area (Å²) in [6, 6.07) is 15.6. The molecule has 1 saturated heterocycles. The largest absolute Gasteiger partial charge is 0.385 e. The molecule has 1 aliphatic rings. The van der Waals surface area contributed by atoms with E-state index in [4.69, 9.17) is 0 Å². The maximum atomic E-state index is 11.0. The summed E-state index contributed by atoms with van der Waals surface area (Å²) in [5, 5.41) is 20.2. The van der Waals surface area contributed by atoms with Crippen LogP contribution in [0.2, 0.25) is 0 Å². The fourth-order valence-electron chi connectivity index (χ4n) is 3.10. The summed E-state index contributed by atoms with van der Waals surface area (Å²) >= 11 is 0. The average molecular weight is 293 g/mol. The normalized spacial score (nSPS) is 21.9. The summed E-state index contributed by atoms with van der Waals surface area (Å²) in [6.45, 7) is 1.50. The first kappa shape index (κ1) is 14.6. The van der Waals surface area contributed by atoms with E-state index in [1.54, 1.807) is 18.3 Å². The van der Waals surface area contributed by atoms with Crippen molar-refractivity contribution in [1.29, 1.82) is 5.26 Å². The highest BCUT2D eigenvalue weighted by atomic mass is 16.3. The van der Waals surface area contributed by atoms with Crippen LogP contribution in [0.5, 0.6) is 0 Å². The van der Waals surface area contributed by atoms with Crippen LogP contribution in [0.1, 0.15) is 30.4 Å². The van der Waals surface area contributed by atoms with Crippen LogP contribution in [0.4, 0.5) is 5.82 Å². The molecule has 3 rings (SSSR count). The van der Waals surface area contributed by atoms with Gasteiger partial charge in [-0.15, -0.1) is 0 Å². The topological polar surface area (TPSA) is 60.2 Å². The van der Waals surface area contributed by atoms with Gasteiger partial charge in [-0.3, -0.25) is 0 Å². The van der Waals surface area contributed by atoms with Crippen molar-refractivity contribution in [3.05, 3.63) is 59.8 Å². The van der Waals surface area contributed by atoms with E-state index in [0.717, 1.165) is 30.8 Å². The lowest BCUT2D eigenvalue weighted by molar-refractivity contribution is 0.0244. The fourth-order valence-corrected chi connectivity index (χ4v) is 3.10. The van der Waals surface area contributed by atoms with Crippen molar-refractivity contribution in [1.82, 2.24) is 4.98 Å². The molecular weight excluding hydrogens is 274 g/mol. The molecule has 2 heterocycles. The maximum Gasteiger partial charge on any atom is 0.146 e. The van der Waals surface area contributed by atoms with Crippen molar-refractivity contribution in [2.45, 2.75) is 24.9 Å². The van der Waals surface area contributed by atoms with Crippen molar-refractivity contribution >= 4 is 5.82 Å². The number of anilines is 1. The first-order valence-electron chi connectivity index (χ1n) is 7.61. The minimum Gasteiger partial charge on any atom is -0.385 e. The molecule has 1 fully saturated rings. The van der Waals surface area contributed by atoms with Gasteiger partial charge in [0.1, 0.15) is 11.9 Å². The van der Waals surface area contributed by atoms with Crippen molar-refractivity contribution in [2.75, 3.05) is 18.0 Å². The van der Waals surface area contributed by atoms with E-state index in [0.29, 0.717) is 18.5 Å². The summed E-state index contributed by atoms with van der Waals surface area (Å²) in [6.07, 6.45) is 3.94. The van der Waals surface area contributed by atoms with Gasteiger partial charge in [0.05, 0.1) is 11.2 Å². The molecule has 1 atom stereocenters. The van der Waals surface area contributed by atoms with Crippen LogP contribution in [0.15, 0.2) is 48.7 Å². The van der Waals surface area contributed by atoms with E-state index >= 15 is 0 Å². The molecule has 1 aromatic heterocycles. The molecule has 0 bridgehead atoms. The van der Waals surface area contributed by atoms with E-state index < -0.39 is 5.60 Å². The van der Waals surface area contributed by atoms with Gasteiger partial charge in [-0.05, 0) is 37.0 Å². The summed E-state index contributed by atoms with van der Waals surface area (Å²) in [5.74, 6) is 0.724. The molecule has 1 unspecified atom stereocenters. The summed E-state index contributed by atoms with van der Waals surface area (Å²) in [5.41, 5.74) is 0.767. The summed E-state index contributed by atoms with van der Waals surface area (Å²) in [7, 11) is 0. The molecule has 0 spiro atoms. The van der Waals surface area contributed by atoms with Crippen LogP contribution in [0, 0.1) is 11.3 Å². The first-order valence-corrected chi connectivity index (χ1v) is 7.61. The Hall–Kier alpha value is -2.38. The molecule has 1 aliphatic heterocycles. The number of aliphatic hydroxyl groups is 1. The number of hydrogen-bond acceptors (Lipinski definition) is 4. The monoisotopic (exact) mass is 293 g/mol. The molecule has 4 nitrogen and oxygen atoms in total. The highest BCUT2D eigenvalue weighted by molar-refractivity contribution is 5.53. The molecule has 0 radical (unpaired) electrons. The minimum absolute atomic E-state index is 0.590. The predicted octanol–water partition coefficient (Wildman–Crippen LogP) is 2.83. The fraction of sp³-hybridized carbons (Fsp3) is 0.333. The SMILES string of the molecule is N#Cc1cccnc1N1CCCC(O)(c2ccccc2)CC1. The lowest BCUT2D eigenvalue weighted by Crippen LogP contribution is -2.30. The van der Waals surface area contributed by atoms with Gasteiger partial charge >= 0.3 is 0 Å². The Morgan fingerprint density at radius 2 is 1.91 bits per heavy atom. The lowest BCUT2D eigenvalue weighted by Gasteiger charge is -2.28. The zero-order valence-corrected chi connectivity index (χ0v) is 12.4. The van der Waals surface area contributed by atoms with Crippen molar-refractivity contribution < 1.29 is 5.11 Å². The van der Waals surface area contributed by atoms with Crippen molar-refractivity contribution in [3.63, 3.8) is 0 Å². The number of aromatic nitrogens is 1. The van der Waals surface area contributed by atoms with Crippen LogP contribution in [0.3, 0.4) is 0 Å². The quantitative estimate of drug-likeness (QED) is 0.925. The van der Waals surface area contributed by atoms with Gasteiger partial charge < -0.3 is 10.0 Å². The van der Waals surface area contributed by atoms with Crippen LogP contribution in [-0.4, -0.2) is 23.2 Å². The standard InChI is InChI=1S/C18H19N3O/c19-14-15-6-4-11-20-17(15)21-12-5-9-18(22,10-13-21)16-7-2-1-3-8-16/h1-4,6-8,11,22H,5,9-10,12-13H2. The Bertz CT molecular complexity index is 680. The molecule has 1 N–H and O–H groups in total. The van der Waals surface area contributed by atoms with Crippen LogP contribution < -0.4 is 4.90 Å². The van der Waals surface area contributed by atoms with E-state index in [-0.39, 0.29) is 0 Å². The molecule has 0 aliphatic carbocycles. The summed E-state index contributed by atoms with van der Waals surface area (Å²) < 4.78 is 0. The molecule has 0 saturated carbocycles. The van der Waals surface area contributed by atoms with E-state index in [9.17, 15) is 10.4 Å². The maximum absolute atomic E-state index is 11.0. The predicted molar refractivity (Wildman–Crippen MR) is 85.4 cm³/mol. The number of nitriles is 1. The van der Waals surface area contributed by atoms with Gasteiger partial charge in [0.15, 0.2) is 0 Å². The molecule has 112 valence electrons. The first-order chi connectivity index (χ1) is 10.7. The Balaban J connectivity index is 1.82. The number of nitrogens with zero attached hydrogens (tertiary/aromatic N) is 3. The lowest BCUT2D eigenvalue weighted by atomic mass is 9.87. The number of pyridine rings is 1. The van der Waals surface area contributed by atoms with Gasteiger partial charge in [0.2, 0.25) is 0 Å². The molecule has 2 aromatic rings. The van der Waals surface area contributed by atoms with Crippen molar-refractivity contribution in [3.8, 4) is 6.07 Å². The van der Waals surface area contributed by atoms with Crippen LogP contribution in [-0.2, 0) is 5.60 Å². The minimum atomic E-state index is -0.794. The zero-order chi connectivity index (χ0) is 15.4. The number of benzene rings is 1. The van der Waals surface area contributed by atoms with E-state index in [1.165, 1.54) is 0 Å². The van der Waals surface area contributed by atoms with E-state index in [1.807, 2.05) is 30.3 Å². The zero-order valence-electron chi connectivity index (χ0n) is 12.4. The van der Waals surface area contributed by atoms with E-state index in [2.05, 4.69) is 16.0 Å². The molecular formula is C18H19N3O. The Kier molecular flexibility index (Phi) is 4.08. The van der Waals surface area contributed by atoms with Gasteiger partial charge in [0.25, 0.3) is 0 Å². The van der Waals surface area contributed by atoms with Gasteiger partial charge in [-0.2, -0.15) is 5.26 Å². The number of hydrogen-bond donors (Lipinski definition) is 1. The average Bonchev–Trinajstić information content (AvgIpc) is 2.78. The smallest absolute Gasteiger partial charge is 0.146 e. The summed E-state index contributed by atoms with van der Waals surface area (Å²) in [4.78, 5) is 6.47. The Labute approximate surface area is 130 Å². The third-order valence-electron chi connectivity index (χ3n) is 4.33. The van der Waals surface area contributed by atoms with Gasteiger partial charge in [-0.25, -0.2) is 4.98 Å². The highest BCUT2D eigenvalue weighted by Crippen LogP contribution is 2.34. The van der Waals surface area contributed by atoms with Crippen LogP contribution in [0.25, 0.3) is 0 Å². The number of rotatable bonds is 2. The Morgan fingerprint density at radius 3 is 2.68 bits per heavy atom. The second-order valence-corrected chi connectivity index (χ2v) is 5.72. The second kappa shape index (κ2) is 6.17. The second-order valence-electron chi connectivity index (χ2n) is 5.72. The van der Waals surface area contributed by atoms with Crippen LogP contribution >= 0.6 is 0 Å². The van der Waals surface area contributed by atoms with Crippen molar-refractivity contribution in [2.24, 2.45) is 0 Å².